The Kier molecular flexibility index (Phi) is 5.99. The fourth-order valence-corrected chi connectivity index (χ4v) is 2.17. The molecule has 2 aromatic rings. The van der Waals surface area contributed by atoms with Gasteiger partial charge in [0.1, 0.15) is 18.5 Å². The summed E-state index contributed by atoms with van der Waals surface area (Å²) in [5.41, 5.74) is 5.49. The molecule has 0 aliphatic carbocycles. The summed E-state index contributed by atoms with van der Waals surface area (Å²) in [5, 5.41) is 5.63. The Bertz CT molecular complexity index is 552. The van der Waals surface area contributed by atoms with Gasteiger partial charge in [0.05, 0.1) is 6.73 Å². The monoisotopic (exact) mass is 288 g/mol. The van der Waals surface area contributed by atoms with Crippen molar-refractivity contribution < 1.29 is 9.47 Å². The van der Waals surface area contributed by atoms with Crippen LogP contribution in [0.15, 0.2) is 42.5 Å². The normalized spacial score (nSPS) is 12.8. The summed E-state index contributed by atoms with van der Waals surface area (Å²) < 4.78 is 11.5. The minimum Gasteiger partial charge on any atom is -0.490 e. The van der Waals surface area contributed by atoms with Crippen LogP contribution in [0, 0.1) is 0 Å². The molecule has 0 bridgehead atoms. The number of benzene rings is 2. The summed E-state index contributed by atoms with van der Waals surface area (Å²) >= 11 is 0. The molecule has 114 valence electrons. The summed E-state index contributed by atoms with van der Waals surface area (Å²) in [6.45, 7) is 5.60. The standard InChI is InChI=1S/C17H24N2O2/c1-13(2)19-10-15(21-12-18)11-20-17-9-5-7-14-6-3-4-8-16(14)17/h3-9,13,15,19H,10-12,18H2,1-2H3. The summed E-state index contributed by atoms with van der Waals surface area (Å²) in [6.07, 6.45) is -0.0589. The fourth-order valence-electron chi connectivity index (χ4n) is 2.17. The van der Waals surface area contributed by atoms with Crippen molar-refractivity contribution in [3.05, 3.63) is 42.5 Å². The van der Waals surface area contributed by atoms with Gasteiger partial charge in [-0.05, 0) is 11.5 Å². The van der Waals surface area contributed by atoms with E-state index in [0.29, 0.717) is 12.6 Å². The van der Waals surface area contributed by atoms with Gasteiger partial charge in [0.2, 0.25) is 0 Å². The Labute approximate surface area is 126 Å². The van der Waals surface area contributed by atoms with Gasteiger partial charge < -0.3 is 20.5 Å². The number of rotatable bonds is 8. The average Bonchev–Trinajstić information content (AvgIpc) is 2.50. The van der Waals surface area contributed by atoms with Gasteiger partial charge in [-0.1, -0.05) is 50.2 Å². The highest BCUT2D eigenvalue weighted by Crippen LogP contribution is 2.25. The maximum absolute atomic E-state index is 5.95. The molecule has 0 fully saturated rings. The Morgan fingerprint density at radius 2 is 1.86 bits per heavy atom. The zero-order valence-electron chi connectivity index (χ0n) is 12.7. The highest BCUT2D eigenvalue weighted by molar-refractivity contribution is 5.88. The molecular weight excluding hydrogens is 264 g/mol. The molecule has 1 atom stereocenters. The van der Waals surface area contributed by atoms with Crippen LogP contribution in [0.1, 0.15) is 13.8 Å². The van der Waals surface area contributed by atoms with Gasteiger partial charge in [0.15, 0.2) is 0 Å². The van der Waals surface area contributed by atoms with Gasteiger partial charge in [-0.25, -0.2) is 0 Å². The first-order valence-electron chi connectivity index (χ1n) is 7.36. The average molecular weight is 288 g/mol. The van der Waals surface area contributed by atoms with E-state index in [0.717, 1.165) is 17.7 Å². The molecule has 0 saturated carbocycles. The van der Waals surface area contributed by atoms with E-state index in [1.165, 1.54) is 5.39 Å². The van der Waals surface area contributed by atoms with Crippen molar-refractivity contribution in [2.45, 2.75) is 26.0 Å². The highest BCUT2D eigenvalue weighted by Gasteiger charge is 2.11. The third kappa shape index (κ3) is 4.70. The first-order valence-corrected chi connectivity index (χ1v) is 7.36. The molecule has 4 nitrogen and oxygen atoms in total. The molecule has 2 aromatic carbocycles. The molecule has 0 amide bonds. The minimum atomic E-state index is -0.0589. The van der Waals surface area contributed by atoms with Gasteiger partial charge in [-0.3, -0.25) is 0 Å². The second-order valence-electron chi connectivity index (χ2n) is 5.31. The number of fused-ring (bicyclic) bond motifs is 1. The topological polar surface area (TPSA) is 56.5 Å². The molecule has 0 spiro atoms. The molecule has 2 rings (SSSR count). The largest absolute Gasteiger partial charge is 0.490 e. The molecule has 21 heavy (non-hydrogen) atoms. The van der Waals surface area contributed by atoms with Crippen molar-refractivity contribution in [3.8, 4) is 5.75 Å². The number of nitrogens with two attached hydrogens (primary N) is 1. The van der Waals surface area contributed by atoms with Crippen molar-refractivity contribution in [2.75, 3.05) is 19.9 Å². The Morgan fingerprint density at radius 1 is 1.10 bits per heavy atom. The lowest BCUT2D eigenvalue weighted by Crippen LogP contribution is -2.38. The minimum absolute atomic E-state index is 0.0589. The first kappa shape index (κ1) is 15.8. The van der Waals surface area contributed by atoms with Crippen LogP contribution in [0.3, 0.4) is 0 Å². The smallest absolute Gasteiger partial charge is 0.127 e. The van der Waals surface area contributed by atoms with Crippen LogP contribution in [0.5, 0.6) is 5.75 Å². The van der Waals surface area contributed by atoms with Crippen LogP contribution in [0.4, 0.5) is 0 Å². The van der Waals surface area contributed by atoms with Gasteiger partial charge in [0, 0.05) is 18.0 Å². The SMILES string of the molecule is CC(C)NCC(COc1cccc2ccccc12)OCN. The predicted octanol–water partition coefficient (Wildman–Crippen LogP) is 2.52. The lowest BCUT2D eigenvalue weighted by atomic mass is 10.1. The zero-order valence-corrected chi connectivity index (χ0v) is 12.7. The molecule has 0 aromatic heterocycles. The van der Waals surface area contributed by atoms with Crippen LogP contribution in [-0.4, -0.2) is 32.0 Å². The molecule has 1 unspecified atom stereocenters. The summed E-state index contributed by atoms with van der Waals surface area (Å²) in [5.74, 6) is 0.878. The van der Waals surface area contributed by atoms with Crippen LogP contribution >= 0.6 is 0 Å². The van der Waals surface area contributed by atoms with Crippen molar-refractivity contribution in [3.63, 3.8) is 0 Å². The Hall–Kier alpha value is -1.62. The van der Waals surface area contributed by atoms with E-state index in [1.54, 1.807) is 0 Å². The summed E-state index contributed by atoms with van der Waals surface area (Å²) in [6, 6.07) is 14.7. The number of nitrogens with one attached hydrogen (secondary N) is 1. The van der Waals surface area contributed by atoms with Gasteiger partial charge in [0.25, 0.3) is 0 Å². The van der Waals surface area contributed by atoms with E-state index in [-0.39, 0.29) is 12.8 Å². The summed E-state index contributed by atoms with van der Waals surface area (Å²) in [4.78, 5) is 0. The van der Waals surface area contributed by atoms with E-state index in [4.69, 9.17) is 15.2 Å². The third-order valence-electron chi connectivity index (χ3n) is 3.26. The zero-order chi connectivity index (χ0) is 15.1. The maximum Gasteiger partial charge on any atom is 0.127 e. The van der Waals surface area contributed by atoms with Crippen molar-refractivity contribution in [2.24, 2.45) is 5.73 Å². The molecular formula is C17H24N2O2. The van der Waals surface area contributed by atoms with Crippen LogP contribution < -0.4 is 15.8 Å². The van der Waals surface area contributed by atoms with E-state index in [9.17, 15) is 0 Å². The molecule has 0 saturated heterocycles. The van der Waals surface area contributed by atoms with E-state index in [1.807, 2.05) is 24.3 Å². The van der Waals surface area contributed by atoms with Crippen LogP contribution in [-0.2, 0) is 4.74 Å². The lowest BCUT2D eigenvalue weighted by molar-refractivity contribution is 0.0237. The Morgan fingerprint density at radius 3 is 2.62 bits per heavy atom. The van der Waals surface area contributed by atoms with Crippen molar-refractivity contribution in [1.82, 2.24) is 5.32 Å². The van der Waals surface area contributed by atoms with Gasteiger partial charge in [-0.2, -0.15) is 0 Å². The molecule has 0 aliphatic rings. The van der Waals surface area contributed by atoms with Crippen molar-refractivity contribution >= 4 is 10.8 Å². The molecule has 4 heteroatoms. The lowest BCUT2D eigenvalue weighted by Gasteiger charge is -2.20. The second-order valence-corrected chi connectivity index (χ2v) is 5.31. The summed E-state index contributed by atoms with van der Waals surface area (Å²) in [7, 11) is 0. The van der Waals surface area contributed by atoms with Crippen LogP contribution in [0.2, 0.25) is 0 Å². The van der Waals surface area contributed by atoms with Gasteiger partial charge >= 0.3 is 0 Å². The third-order valence-corrected chi connectivity index (χ3v) is 3.26. The second kappa shape index (κ2) is 7.98. The predicted molar refractivity (Wildman–Crippen MR) is 86.5 cm³/mol. The first-order chi connectivity index (χ1) is 10.2. The number of hydrogen-bond acceptors (Lipinski definition) is 4. The quantitative estimate of drug-likeness (QED) is 0.733. The van der Waals surface area contributed by atoms with Crippen LogP contribution in [0.25, 0.3) is 10.8 Å². The van der Waals surface area contributed by atoms with Gasteiger partial charge in [-0.15, -0.1) is 0 Å². The molecule has 3 N–H and O–H groups in total. The van der Waals surface area contributed by atoms with E-state index in [2.05, 4.69) is 37.4 Å². The van der Waals surface area contributed by atoms with E-state index >= 15 is 0 Å². The maximum atomic E-state index is 5.95. The number of ether oxygens (including phenoxy) is 2. The number of hydrogen-bond donors (Lipinski definition) is 2. The fraction of sp³-hybridized carbons (Fsp3) is 0.412. The van der Waals surface area contributed by atoms with Crippen molar-refractivity contribution in [1.29, 1.82) is 0 Å². The molecule has 0 heterocycles. The highest BCUT2D eigenvalue weighted by atomic mass is 16.5. The molecule has 0 aliphatic heterocycles. The Balaban J connectivity index is 2.01. The van der Waals surface area contributed by atoms with E-state index < -0.39 is 0 Å². The molecule has 0 radical (unpaired) electrons.